The molecule has 1 aromatic carbocycles. The van der Waals surface area contributed by atoms with Gasteiger partial charge in [-0.25, -0.2) is 4.68 Å². The predicted molar refractivity (Wildman–Crippen MR) is 65.4 cm³/mol. The highest BCUT2D eigenvalue weighted by Crippen LogP contribution is 2.23. The minimum Gasteiger partial charge on any atom is -0.323 e. The lowest BCUT2D eigenvalue weighted by molar-refractivity contribution is -0.385. The zero-order chi connectivity index (χ0) is 13.3. The van der Waals surface area contributed by atoms with Crippen LogP contribution in [0.3, 0.4) is 0 Å². The number of nitrogens with zero attached hydrogens (tertiary/aromatic N) is 4. The molecule has 0 amide bonds. The lowest BCUT2D eigenvalue weighted by Crippen LogP contribution is -2.05. The Kier molecular flexibility index (Phi) is 3.07. The molecule has 1 heterocycles. The highest BCUT2D eigenvalue weighted by Gasteiger charge is 2.15. The molecule has 2 N–H and O–H groups in total. The molecule has 0 aliphatic carbocycles. The van der Waals surface area contributed by atoms with Crippen molar-refractivity contribution in [2.75, 3.05) is 0 Å². The lowest BCUT2D eigenvalue weighted by Gasteiger charge is -2.05. The highest BCUT2D eigenvalue weighted by atomic mass is 16.6. The van der Waals surface area contributed by atoms with Crippen LogP contribution < -0.4 is 5.73 Å². The first-order valence-corrected chi connectivity index (χ1v) is 5.43. The van der Waals surface area contributed by atoms with Crippen molar-refractivity contribution in [3.05, 3.63) is 45.8 Å². The second-order valence-electron chi connectivity index (χ2n) is 4.06. The summed E-state index contributed by atoms with van der Waals surface area (Å²) in [6.45, 7) is 3.48. The summed E-state index contributed by atoms with van der Waals surface area (Å²) < 4.78 is 1.50. The smallest absolute Gasteiger partial charge is 0.274 e. The molecular weight excluding hydrogens is 234 g/mol. The molecule has 2 aromatic rings. The van der Waals surface area contributed by atoms with Crippen LogP contribution in [-0.2, 0) is 0 Å². The summed E-state index contributed by atoms with van der Waals surface area (Å²) in [6, 6.07) is 4.61. The van der Waals surface area contributed by atoms with E-state index in [2.05, 4.69) is 10.3 Å². The third kappa shape index (κ3) is 2.07. The third-order valence-corrected chi connectivity index (χ3v) is 2.70. The molecule has 94 valence electrons. The Labute approximate surface area is 103 Å². The molecule has 0 saturated heterocycles. The van der Waals surface area contributed by atoms with Gasteiger partial charge in [0.1, 0.15) is 0 Å². The maximum absolute atomic E-state index is 10.9. The van der Waals surface area contributed by atoms with E-state index >= 15 is 0 Å². The van der Waals surface area contributed by atoms with Crippen LogP contribution in [0.2, 0.25) is 0 Å². The summed E-state index contributed by atoms with van der Waals surface area (Å²) in [5.74, 6) is 0. The third-order valence-electron chi connectivity index (χ3n) is 2.70. The largest absolute Gasteiger partial charge is 0.323 e. The van der Waals surface area contributed by atoms with E-state index in [1.165, 1.54) is 10.7 Å². The molecule has 0 bridgehead atoms. The van der Waals surface area contributed by atoms with Crippen molar-refractivity contribution >= 4 is 5.69 Å². The molecule has 0 saturated carbocycles. The lowest BCUT2D eigenvalue weighted by atomic mass is 10.1. The van der Waals surface area contributed by atoms with Gasteiger partial charge in [-0.1, -0.05) is 11.3 Å². The number of nitro benzene ring substituents is 1. The maximum Gasteiger partial charge on any atom is 0.274 e. The summed E-state index contributed by atoms with van der Waals surface area (Å²) >= 11 is 0. The monoisotopic (exact) mass is 247 g/mol. The molecule has 7 heteroatoms. The van der Waals surface area contributed by atoms with Crippen LogP contribution in [-0.4, -0.2) is 19.9 Å². The summed E-state index contributed by atoms with van der Waals surface area (Å²) in [4.78, 5) is 10.4. The maximum atomic E-state index is 10.9. The Morgan fingerprint density at radius 2 is 2.22 bits per heavy atom. The van der Waals surface area contributed by atoms with E-state index in [4.69, 9.17) is 5.73 Å². The van der Waals surface area contributed by atoms with Gasteiger partial charge in [-0.15, -0.1) is 5.10 Å². The number of nitrogens with two attached hydrogens (primary N) is 1. The molecule has 1 atom stereocenters. The van der Waals surface area contributed by atoms with Gasteiger partial charge in [-0.2, -0.15) is 0 Å². The number of aromatic nitrogens is 3. The van der Waals surface area contributed by atoms with E-state index in [9.17, 15) is 10.1 Å². The minimum atomic E-state index is -0.414. The Balaban J connectivity index is 2.50. The van der Waals surface area contributed by atoms with E-state index in [1.807, 2.05) is 0 Å². The topological polar surface area (TPSA) is 99.9 Å². The van der Waals surface area contributed by atoms with E-state index in [1.54, 1.807) is 32.2 Å². The molecule has 2 rings (SSSR count). The quantitative estimate of drug-likeness (QED) is 0.654. The minimum absolute atomic E-state index is 0.0605. The second kappa shape index (κ2) is 4.53. The molecular formula is C11H13N5O2. The summed E-state index contributed by atoms with van der Waals surface area (Å²) in [5.41, 5.74) is 7.57. The van der Waals surface area contributed by atoms with E-state index < -0.39 is 4.92 Å². The first kappa shape index (κ1) is 12.2. The standard InChI is InChI=1S/C11H13N5O2/c1-7-10(4-3-5-11(7)16(17)18)15-6-9(8(2)12)13-14-15/h3-6,8H,12H2,1-2H3. The van der Waals surface area contributed by atoms with Gasteiger partial charge in [-0.05, 0) is 19.9 Å². The fourth-order valence-corrected chi connectivity index (χ4v) is 1.66. The van der Waals surface area contributed by atoms with Crippen LogP contribution >= 0.6 is 0 Å². The van der Waals surface area contributed by atoms with Gasteiger partial charge >= 0.3 is 0 Å². The van der Waals surface area contributed by atoms with Gasteiger partial charge in [0, 0.05) is 12.1 Å². The molecule has 0 aliphatic rings. The van der Waals surface area contributed by atoms with Gasteiger partial charge < -0.3 is 5.73 Å². The van der Waals surface area contributed by atoms with Gasteiger partial charge in [-0.3, -0.25) is 10.1 Å². The number of rotatable bonds is 3. The molecule has 1 aromatic heterocycles. The van der Waals surface area contributed by atoms with E-state index in [0.29, 0.717) is 16.9 Å². The predicted octanol–water partition coefficient (Wildman–Crippen LogP) is 1.50. The van der Waals surface area contributed by atoms with Crippen molar-refractivity contribution in [2.24, 2.45) is 5.73 Å². The van der Waals surface area contributed by atoms with Crippen LogP contribution in [0, 0.1) is 17.0 Å². The molecule has 7 nitrogen and oxygen atoms in total. The Morgan fingerprint density at radius 1 is 1.50 bits per heavy atom. The van der Waals surface area contributed by atoms with Crippen LogP contribution in [0.15, 0.2) is 24.4 Å². The van der Waals surface area contributed by atoms with Crippen molar-refractivity contribution in [2.45, 2.75) is 19.9 Å². The van der Waals surface area contributed by atoms with Crippen molar-refractivity contribution in [1.29, 1.82) is 0 Å². The summed E-state index contributed by atoms with van der Waals surface area (Å²) in [7, 11) is 0. The summed E-state index contributed by atoms with van der Waals surface area (Å²) in [6.07, 6.45) is 1.68. The van der Waals surface area contributed by atoms with Crippen molar-refractivity contribution < 1.29 is 4.92 Å². The zero-order valence-corrected chi connectivity index (χ0v) is 10.1. The molecule has 18 heavy (non-hydrogen) atoms. The van der Waals surface area contributed by atoms with Crippen molar-refractivity contribution in [1.82, 2.24) is 15.0 Å². The molecule has 1 unspecified atom stereocenters. The first-order valence-electron chi connectivity index (χ1n) is 5.43. The summed E-state index contributed by atoms with van der Waals surface area (Å²) in [5, 5.41) is 18.7. The fourth-order valence-electron chi connectivity index (χ4n) is 1.66. The van der Waals surface area contributed by atoms with Crippen molar-refractivity contribution in [3.63, 3.8) is 0 Å². The molecule has 0 aliphatic heterocycles. The zero-order valence-electron chi connectivity index (χ0n) is 10.1. The Bertz CT molecular complexity index is 591. The SMILES string of the molecule is Cc1c(-n2cc(C(C)N)nn2)cccc1[N+](=O)[O-]. The Morgan fingerprint density at radius 3 is 2.78 bits per heavy atom. The number of hydrogen-bond acceptors (Lipinski definition) is 5. The van der Waals surface area contributed by atoms with Crippen LogP contribution in [0.4, 0.5) is 5.69 Å². The highest BCUT2D eigenvalue weighted by molar-refractivity contribution is 5.52. The second-order valence-corrected chi connectivity index (χ2v) is 4.06. The van der Waals surface area contributed by atoms with Crippen LogP contribution in [0.1, 0.15) is 24.2 Å². The number of hydrogen-bond donors (Lipinski definition) is 1. The number of benzene rings is 1. The Hall–Kier alpha value is -2.28. The van der Waals surface area contributed by atoms with E-state index in [-0.39, 0.29) is 11.7 Å². The molecule has 0 fully saturated rings. The van der Waals surface area contributed by atoms with Crippen LogP contribution in [0.5, 0.6) is 0 Å². The fraction of sp³-hybridized carbons (Fsp3) is 0.273. The molecule has 0 spiro atoms. The number of nitro groups is 1. The van der Waals surface area contributed by atoms with Gasteiger partial charge in [0.2, 0.25) is 0 Å². The molecule has 0 radical (unpaired) electrons. The average Bonchev–Trinajstić information content (AvgIpc) is 2.78. The first-order chi connectivity index (χ1) is 8.50. The van der Waals surface area contributed by atoms with Crippen LogP contribution in [0.25, 0.3) is 5.69 Å². The average molecular weight is 247 g/mol. The van der Waals surface area contributed by atoms with Crippen molar-refractivity contribution in [3.8, 4) is 5.69 Å². The van der Waals surface area contributed by atoms with Gasteiger partial charge in [0.15, 0.2) is 0 Å². The van der Waals surface area contributed by atoms with Gasteiger partial charge in [0.05, 0.1) is 28.1 Å². The van der Waals surface area contributed by atoms with Gasteiger partial charge in [0.25, 0.3) is 5.69 Å². The normalized spacial score (nSPS) is 12.4. The van der Waals surface area contributed by atoms with E-state index in [0.717, 1.165) is 0 Å².